The van der Waals surface area contributed by atoms with Crippen LogP contribution in [-0.4, -0.2) is 13.1 Å². The Labute approximate surface area is 219 Å². The molecule has 2 saturated carbocycles. The van der Waals surface area contributed by atoms with Crippen LogP contribution in [0.3, 0.4) is 0 Å². The number of hydrogen-bond donors (Lipinski definition) is 1. The molecule has 36 heavy (non-hydrogen) atoms. The van der Waals surface area contributed by atoms with Crippen molar-refractivity contribution in [1.29, 1.82) is 0 Å². The third kappa shape index (κ3) is 5.40. The monoisotopic (exact) mass is 485 g/mol. The Bertz CT molecular complexity index is 971. The number of nitrogens with one attached hydrogen (secondary N) is 1. The van der Waals surface area contributed by atoms with Gasteiger partial charge in [0, 0.05) is 5.92 Å². The maximum atomic E-state index is 6.84. The molecule has 2 nitrogen and oxygen atoms in total. The molecule has 0 spiro atoms. The first-order valence-electron chi connectivity index (χ1n) is 15.3. The van der Waals surface area contributed by atoms with Crippen LogP contribution in [0.1, 0.15) is 106 Å². The Hall–Kier alpha value is -1.80. The molecule has 2 aromatic carbocycles. The molecule has 6 atom stereocenters. The van der Waals surface area contributed by atoms with E-state index in [0.29, 0.717) is 5.92 Å². The molecule has 6 unspecified atom stereocenters. The van der Waals surface area contributed by atoms with Gasteiger partial charge in [0.2, 0.25) is 0 Å². The van der Waals surface area contributed by atoms with Crippen molar-refractivity contribution in [1.82, 2.24) is 5.32 Å². The number of ether oxygens (including phenoxy) is 1. The Kier molecular flexibility index (Phi) is 7.70. The second kappa shape index (κ2) is 11.3. The third-order valence-electron chi connectivity index (χ3n) is 10.4. The highest BCUT2D eigenvalue weighted by Crippen LogP contribution is 2.47. The van der Waals surface area contributed by atoms with E-state index in [1.165, 1.54) is 107 Å². The highest BCUT2D eigenvalue weighted by atomic mass is 16.5. The largest absolute Gasteiger partial charge is 0.485 e. The summed E-state index contributed by atoms with van der Waals surface area (Å²) in [7, 11) is 0. The van der Waals surface area contributed by atoms with Crippen molar-refractivity contribution >= 4 is 0 Å². The molecule has 194 valence electrons. The Morgan fingerprint density at radius 2 is 1.53 bits per heavy atom. The predicted molar refractivity (Wildman–Crippen MR) is 149 cm³/mol. The quantitative estimate of drug-likeness (QED) is 0.443. The van der Waals surface area contributed by atoms with Crippen LogP contribution < -0.4 is 10.1 Å². The highest BCUT2D eigenvalue weighted by Gasteiger charge is 2.41. The van der Waals surface area contributed by atoms with Crippen molar-refractivity contribution in [3.05, 3.63) is 65.2 Å². The lowest BCUT2D eigenvalue weighted by Crippen LogP contribution is -2.19. The molecule has 2 aromatic rings. The molecule has 1 aliphatic heterocycles. The smallest absolute Gasteiger partial charge is 0.127 e. The SMILES string of the molecule is CCC1CCCCC(c2ccc(OC3c4ccccc4CC3CC3CC4CNCC4C3)cc2)CCC1. The minimum absolute atomic E-state index is 0.210. The molecule has 0 bridgehead atoms. The zero-order valence-corrected chi connectivity index (χ0v) is 22.5. The number of rotatable bonds is 6. The van der Waals surface area contributed by atoms with Crippen molar-refractivity contribution in [3.8, 4) is 5.75 Å². The minimum atomic E-state index is 0.210. The molecule has 0 aromatic heterocycles. The summed E-state index contributed by atoms with van der Waals surface area (Å²) >= 11 is 0. The van der Waals surface area contributed by atoms with E-state index in [9.17, 15) is 0 Å². The summed E-state index contributed by atoms with van der Waals surface area (Å²) < 4.78 is 6.84. The van der Waals surface area contributed by atoms with E-state index >= 15 is 0 Å². The molecular weight excluding hydrogens is 438 g/mol. The molecule has 0 radical (unpaired) electrons. The van der Waals surface area contributed by atoms with Crippen LogP contribution in [0.15, 0.2) is 48.5 Å². The summed E-state index contributed by atoms with van der Waals surface area (Å²) in [5, 5.41) is 3.61. The maximum absolute atomic E-state index is 6.84. The standard InChI is InChI=1S/C34H47NO/c1-2-24-8-3-4-10-26(12-7-9-24)27-14-16-32(17-15-27)36-34-29(21-28-11-5-6-13-33(28)34)18-25-19-30-22-35-23-31(30)20-25/h5-6,11,13-17,24-26,29-31,34-35H,2-4,7-10,12,18-23H2,1H3. The van der Waals surface area contributed by atoms with Gasteiger partial charge in [-0.05, 0) is 110 Å². The van der Waals surface area contributed by atoms with Crippen LogP contribution in [0.25, 0.3) is 0 Å². The van der Waals surface area contributed by atoms with Gasteiger partial charge in [-0.2, -0.15) is 0 Å². The number of hydrogen-bond acceptors (Lipinski definition) is 2. The predicted octanol–water partition coefficient (Wildman–Crippen LogP) is 8.47. The third-order valence-corrected chi connectivity index (χ3v) is 10.4. The van der Waals surface area contributed by atoms with Crippen LogP contribution in [0.2, 0.25) is 0 Å². The van der Waals surface area contributed by atoms with Crippen molar-refractivity contribution in [2.24, 2.45) is 29.6 Å². The van der Waals surface area contributed by atoms with Gasteiger partial charge in [-0.1, -0.05) is 81.8 Å². The molecule has 3 aliphatic carbocycles. The normalized spacial score (nSPS) is 34.4. The van der Waals surface area contributed by atoms with Gasteiger partial charge >= 0.3 is 0 Å². The molecule has 1 N–H and O–H groups in total. The molecular formula is C34H47NO. The average Bonchev–Trinajstić information content (AvgIpc) is 3.60. The topological polar surface area (TPSA) is 21.3 Å². The van der Waals surface area contributed by atoms with Gasteiger partial charge in [-0.25, -0.2) is 0 Å². The fraction of sp³-hybridized carbons (Fsp3) is 0.647. The summed E-state index contributed by atoms with van der Waals surface area (Å²) in [6.07, 6.45) is 16.7. The summed E-state index contributed by atoms with van der Waals surface area (Å²) in [5.74, 6) is 6.10. The fourth-order valence-corrected chi connectivity index (χ4v) is 8.39. The highest BCUT2D eigenvalue weighted by molar-refractivity contribution is 5.37. The van der Waals surface area contributed by atoms with E-state index < -0.39 is 0 Å². The first kappa shape index (κ1) is 24.5. The molecule has 0 amide bonds. The van der Waals surface area contributed by atoms with Crippen molar-refractivity contribution in [2.75, 3.05) is 13.1 Å². The summed E-state index contributed by atoms with van der Waals surface area (Å²) in [6.45, 7) is 4.87. The molecule has 2 heteroatoms. The van der Waals surface area contributed by atoms with Gasteiger partial charge in [0.05, 0.1) is 0 Å². The first-order valence-corrected chi connectivity index (χ1v) is 15.3. The van der Waals surface area contributed by atoms with E-state index in [-0.39, 0.29) is 6.10 Å². The van der Waals surface area contributed by atoms with E-state index in [4.69, 9.17) is 4.74 Å². The Balaban J connectivity index is 1.12. The van der Waals surface area contributed by atoms with Gasteiger partial charge in [0.1, 0.15) is 11.9 Å². The summed E-state index contributed by atoms with van der Waals surface area (Å²) in [4.78, 5) is 0. The second-order valence-corrected chi connectivity index (χ2v) is 12.7. The van der Waals surface area contributed by atoms with Crippen LogP contribution in [0.5, 0.6) is 5.75 Å². The molecule has 1 heterocycles. The molecule has 6 rings (SSSR count). The van der Waals surface area contributed by atoms with E-state index in [2.05, 4.69) is 60.8 Å². The molecule has 1 saturated heterocycles. The fourth-order valence-electron chi connectivity index (χ4n) is 8.39. The zero-order chi connectivity index (χ0) is 24.3. The van der Waals surface area contributed by atoms with Crippen LogP contribution in [0, 0.1) is 29.6 Å². The lowest BCUT2D eigenvalue weighted by molar-refractivity contribution is 0.130. The first-order chi connectivity index (χ1) is 17.8. The van der Waals surface area contributed by atoms with Crippen LogP contribution >= 0.6 is 0 Å². The van der Waals surface area contributed by atoms with Gasteiger partial charge in [-0.15, -0.1) is 0 Å². The van der Waals surface area contributed by atoms with Crippen molar-refractivity contribution in [2.45, 2.75) is 96.0 Å². The van der Waals surface area contributed by atoms with Crippen LogP contribution in [0.4, 0.5) is 0 Å². The van der Waals surface area contributed by atoms with E-state index in [0.717, 1.165) is 35.3 Å². The van der Waals surface area contributed by atoms with Gasteiger partial charge in [-0.3, -0.25) is 0 Å². The second-order valence-electron chi connectivity index (χ2n) is 12.7. The van der Waals surface area contributed by atoms with E-state index in [1.807, 2.05) is 0 Å². The lowest BCUT2D eigenvalue weighted by atomic mass is 9.88. The van der Waals surface area contributed by atoms with Gasteiger partial charge in [0.15, 0.2) is 0 Å². The Morgan fingerprint density at radius 3 is 2.33 bits per heavy atom. The number of fused-ring (bicyclic) bond motifs is 2. The summed E-state index contributed by atoms with van der Waals surface area (Å²) in [6, 6.07) is 18.4. The summed E-state index contributed by atoms with van der Waals surface area (Å²) in [5.41, 5.74) is 4.49. The van der Waals surface area contributed by atoms with Gasteiger partial charge in [0.25, 0.3) is 0 Å². The lowest BCUT2D eigenvalue weighted by Gasteiger charge is -2.25. The van der Waals surface area contributed by atoms with E-state index in [1.54, 1.807) is 0 Å². The molecule has 3 fully saturated rings. The minimum Gasteiger partial charge on any atom is -0.485 e. The van der Waals surface area contributed by atoms with Gasteiger partial charge < -0.3 is 10.1 Å². The van der Waals surface area contributed by atoms with Crippen LogP contribution in [-0.2, 0) is 6.42 Å². The maximum Gasteiger partial charge on any atom is 0.127 e. The van der Waals surface area contributed by atoms with Crippen molar-refractivity contribution in [3.63, 3.8) is 0 Å². The molecule has 4 aliphatic rings. The Morgan fingerprint density at radius 1 is 0.806 bits per heavy atom. The average molecular weight is 486 g/mol. The zero-order valence-electron chi connectivity index (χ0n) is 22.5. The number of benzene rings is 2. The van der Waals surface area contributed by atoms with Crippen molar-refractivity contribution < 1.29 is 4.74 Å².